The fourth-order valence-corrected chi connectivity index (χ4v) is 2.47. The lowest BCUT2D eigenvalue weighted by Crippen LogP contribution is -2.27. The lowest BCUT2D eigenvalue weighted by molar-refractivity contribution is 0.101. The molecule has 0 unspecified atom stereocenters. The smallest absolute Gasteiger partial charge is 0.159 e. The maximum absolute atomic E-state index is 11.3. The number of hydrogen-bond donors (Lipinski definition) is 0. The molecule has 0 spiro atoms. The van der Waals surface area contributed by atoms with Crippen molar-refractivity contribution in [1.29, 1.82) is 0 Å². The van der Waals surface area contributed by atoms with Gasteiger partial charge in [0.15, 0.2) is 5.78 Å². The average molecular weight is 311 g/mol. The summed E-state index contributed by atoms with van der Waals surface area (Å²) in [6, 6.07) is 15.8. The molecule has 0 aliphatic rings. The van der Waals surface area contributed by atoms with Crippen molar-refractivity contribution in [2.75, 3.05) is 26.2 Å². The second-order valence-electron chi connectivity index (χ2n) is 5.53. The van der Waals surface area contributed by atoms with Crippen LogP contribution < -0.4 is 4.74 Å². The first-order valence-electron chi connectivity index (χ1n) is 8.20. The molecule has 2 aromatic carbocycles. The summed E-state index contributed by atoms with van der Waals surface area (Å²) in [5.41, 5.74) is 2.96. The van der Waals surface area contributed by atoms with E-state index in [2.05, 4.69) is 30.9 Å². The molecular weight excluding hydrogens is 286 g/mol. The van der Waals surface area contributed by atoms with Crippen LogP contribution in [0.25, 0.3) is 11.1 Å². The van der Waals surface area contributed by atoms with Gasteiger partial charge in [0, 0.05) is 12.1 Å². The molecule has 0 bridgehead atoms. The summed E-state index contributed by atoms with van der Waals surface area (Å²) in [5.74, 6) is 0.981. The lowest BCUT2D eigenvalue weighted by atomic mass is 10.0. The molecule has 23 heavy (non-hydrogen) atoms. The number of rotatable bonds is 8. The van der Waals surface area contributed by atoms with E-state index in [1.165, 1.54) is 0 Å². The van der Waals surface area contributed by atoms with Gasteiger partial charge in [-0.2, -0.15) is 0 Å². The standard InChI is InChI=1S/C20H25NO2/c1-4-21(5-2)14-15-23-20-12-10-19(11-13-20)18-8-6-17(7-9-18)16(3)22/h6-13H,4-5,14-15H2,1-3H3. The Hall–Kier alpha value is -2.13. The summed E-state index contributed by atoms with van der Waals surface area (Å²) < 4.78 is 5.80. The van der Waals surface area contributed by atoms with Crippen LogP contribution in [0.15, 0.2) is 48.5 Å². The first-order valence-corrected chi connectivity index (χ1v) is 8.20. The van der Waals surface area contributed by atoms with E-state index in [0.29, 0.717) is 6.61 Å². The van der Waals surface area contributed by atoms with Crippen molar-refractivity contribution in [2.24, 2.45) is 0 Å². The number of ketones is 1. The average Bonchev–Trinajstić information content (AvgIpc) is 2.59. The number of carbonyl (C=O) groups is 1. The molecule has 0 heterocycles. The molecule has 0 aliphatic carbocycles. The second kappa shape index (κ2) is 8.49. The van der Waals surface area contributed by atoms with Crippen molar-refractivity contribution < 1.29 is 9.53 Å². The number of hydrogen-bond acceptors (Lipinski definition) is 3. The van der Waals surface area contributed by atoms with Crippen molar-refractivity contribution in [3.8, 4) is 16.9 Å². The monoisotopic (exact) mass is 311 g/mol. The van der Waals surface area contributed by atoms with Crippen molar-refractivity contribution >= 4 is 5.78 Å². The van der Waals surface area contributed by atoms with Crippen LogP contribution in [0, 0.1) is 0 Å². The van der Waals surface area contributed by atoms with Crippen molar-refractivity contribution in [3.63, 3.8) is 0 Å². The minimum atomic E-state index is 0.0912. The van der Waals surface area contributed by atoms with Crippen LogP contribution in [0.3, 0.4) is 0 Å². The quantitative estimate of drug-likeness (QED) is 0.682. The van der Waals surface area contributed by atoms with Gasteiger partial charge in [0.25, 0.3) is 0 Å². The van der Waals surface area contributed by atoms with Gasteiger partial charge in [-0.05, 0) is 43.3 Å². The molecule has 122 valence electrons. The highest BCUT2D eigenvalue weighted by Gasteiger charge is 2.03. The molecule has 3 heteroatoms. The first-order chi connectivity index (χ1) is 11.1. The molecule has 0 N–H and O–H groups in total. The van der Waals surface area contributed by atoms with Gasteiger partial charge in [-0.3, -0.25) is 4.79 Å². The molecule has 0 saturated carbocycles. The number of likely N-dealkylation sites (N-methyl/N-ethyl adjacent to an activating group) is 1. The topological polar surface area (TPSA) is 29.5 Å². The van der Waals surface area contributed by atoms with Gasteiger partial charge < -0.3 is 9.64 Å². The van der Waals surface area contributed by atoms with Gasteiger partial charge >= 0.3 is 0 Å². The third-order valence-corrected chi connectivity index (χ3v) is 4.05. The zero-order valence-corrected chi connectivity index (χ0v) is 14.2. The highest BCUT2D eigenvalue weighted by molar-refractivity contribution is 5.94. The minimum Gasteiger partial charge on any atom is -0.492 e. The van der Waals surface area contributed by atoms with Gasteiger partial charge in [-0.25, -0.2) is 0 Å². The second-order valence-corrected chi connectivity index (χ2v) is 5.53. The van der Waals surface area contributed by atoms with Crippen LogP contribution in [-0.2, 0) is 0 Å². The molecule has 0 aromatic heterocycles. The number of Topliss-reactive ketones (excluding diaryl/α,β-unsaturated/α-hetero) is 1. The van der Waals surface area contributed by atoms with E-state index in [9.17, 15) is 4.79 Å². The molecule has 0 radical (unpaired) electrons. The van der Waals surface area contributed by atoms with E-state index in [-0.39, 0.29) is 5.78 Å². The third kappa shape index (κ3) is 4.93. The number of benzene rings is 2. The minimum absolute atomic E-state index is 0.0912. The fraction of sp³-hybridized carbons (Fsp3) is 0.350. The molecule has 0 amide bonds. The summed E-state index contributed by atoms with van der Waals surface area (Å²) in [7, 11) is 0. The highest BCUT2D eigenvalue weighted by Crippen LogP contribution is 2.23. The Bertz CT molecular complexity index is 613. The van der Waals surface area contributed by atoms with Crippen LogP contribution >= 0.6 is 0 Å². The predicted octanol–water partition coefficient (Wildman–Crippen LogP) is 4.28. The summed E-state index contributed by atoms with van der Waals surface area (Å²) in [5, 5.41) is 0. The Balaban J connectivity index is 1.95. The normalized spacial score (nSPS) is 10.8. The molecular formula is C20H25NO2. The Kier molecular flexibility index (Phi) is 6.36. The van der Waals surface area contributed by atoms with Gasteiger partial charge in [-0.15, -0.1) is 0 Å². The molecule has 2 aromatic rings. The van der Waals surface area contributed by atoms with Gasteiger partial charge in [0.2, 0.25) is 0 Å². The maximum atomic E-state index is 11.3. The van der Waals surface area contributed by atoms with Gasteiger partial charge in [0.1, 0.15) is 12.4 Å². The number of ether oxygens (including phenoxy) is 1. The van der Waals surface area contributed by atoms with E-state index in [1.54, 1.807) is 6.92 Å². The maximum Gasteiger partial charge on any atom is 0.159 e. The third-order valence-electron chi connectivity index (χ3n) is 4.05. The zero-order valence-electron chi connectivity index (χ0n) is 14.2. The van der Waals surface area contributed by atoms with Crippen LogP contribution in [0.5, 0.6) is 5.75 Å². The van der Waals surface area contributed by atoms with E-state index in [1.807, 2.05) is 36.4 Å². The SMILES string of the molecule is CCN(CC)CCOc1ccc(-c2ccc(C(C)=O)cc2)cc1. The van der Waals surface area contributed by atoms with Gasteiger partial charge in [0.05, 0.1) is 0 Å². The summed E-state index contributed by atoms with van der Waals surface area (Å²) in [6.07, 6.45) is 0. The molecule has 3 nitrogen and oxygen atoms in total. The van der Waals surface area contributed by atoms with Crippen LogP contribution in [0.4, 0.5) is 0 Å². The molecule has 2 rings (SSSR count). The Labute approximate surface area is 138 Å². The van der Waals surface area contributed by atoms with E-state index < -0.39 is 0 Å². The first kappa shape index (κ1) is 17.2. The molecule has 0 saturated heterocycles. The zero-order chi connectivity index (χ0) is 16.7. The van der Waals surface area contributed by atoms with E-state index in [4.69, 9.17) is 4.74 Å². The molecule has 0 atom stereocenters. The highest BCUT2D eigenvalue weighted by atomic mass is 16.5. The van der Waals surface area contributed by atoms with Crippen LogP contribution in [-0.4, -0.2) is 36.9 Å². The fourth-order valence-electron chi connectivity index (χ4n) is 2.47. The van der Waals surface area contributed by atoms with Crippen molar-refractivity contribution in [3.05, 3.63) is 54.1 Å². The molecule has 0 aliphatic heterocycles. The van der Waals surface area contributed by atoms with Crippen LogP contribution in [0.2, 0.25) is 0 Å². The largest absolute Gasteiger partial charge is 0.492 e. The van der Waals surface area contributed by atoms with Crippen LogP contribution in [0.1, 0.15) is 31.1 Å². The number of nitrogens with zero attached hydrogens (tertiary/aromatic N) is 1. The van der Waals surface area contributed by atoms with E-state index >= 15 is 0 Å². The number of carbonyl (C=O) groups excluding carboxylic acids is 1. The van der Waals surface area contributed by atoms with Gasteiger partial charge in [-0.1, -0.05) is 50.2 Å². The van der Waals surface area contributed by atoms with Crippen molar-refractivity contribution in [2.45, 2.75) is 20.8 Å². The van der Waals surface area contributed by atoms with Crippen molar-refractivity contribution in [1.82, 2.24) is 4.90 Å². The molecule has 0 fully saturated rings. The summed E-state index contributed by atoms with van der Waals surface area (Å²) >= 11 is 0. The Morgan fingerprint density at radius 2 is 1.43 bits per heavy atom. The lowest BCUT2D eigenvalue weighted by Gasteiger charge is -2.18. The summed E-state index contributed by atoms with van der Waals surface area (Å²) in [6.45, 7) is 9.66. The van der Waals surface area contributed by atoms with E-state index in [0.717, 1.165) is 42.1 Å². The predicted molar refractivity (Wildman–Crippen MR) is 95.2 cm³/mol. The Morgan fingerprint density at radius 3 is 1.91 bits per heavy atom. The Morgan fingerprint density at radius 1 is 0.913 bits per heavy atom. The summed E-state index contributed by atoms with van der Waals surface area (Å²) in [4.78, 5) is 13.6.